The van der Waals surface area contributed by atoms with Crippen LogP contribution in [0.4, 0.5) is 0 Å². The lowest BCUT2D eigenvalue weighted by molar-refractivity contribution is -0.115. The molecule has 0 rings (SSSR count). The van der Waals surface area contributed by atoms with Crippen molar-refractivity contribution in [1.29, 1.82) is 0 Å². The van der Waals surface area contributed by atoms with Crippen LogP contribution in [0.2, 0.25) is 0 Å². The molecule has 0 aliphatic carbocycles. The number of hydrogen-bond donors (Lipinski definition) is 1. The number of amides is 1. The zero-order valence-electron chi connectivity index (χ0n) is 9.22. The lowest BCUT2D eigenvalue weighted by Crippen LogP contribution is -2.44. The minimum absolute atomic E-state index is 0.00926. The van der Waals surface area contributed by atoms with E-state index in [0.29, 0.717) is 5.57 Å². The van der Waals surface area contributed by atoms with Crippen molar-refractivity contribution < 1.29 is 4.79 Å². The molecule has 3 nitrogen and oxygen atoms in total. The van der Waals surface area contributed by atoms with Gasteiger partial charge in [0.05, 0.1) is 0 Å². The van der Waals surface area contributed by atoms with Crippen LogP contribution in [0.3, 0.4) is 0 Å². The third-order valence-electron chi connectivity index (χ3n) is 1.98. The molecule has 0 saturated heterocycles. The maximum absolute atomic E-state index is 11.0. The molecule has 13 heavy (non-hydrogen) atoms. The second-order valence-corrected chi connectivity index (χ2v) is 4.62. The smallest absolute Gasteiger partial charge is 0.245 e. The first-order valence-electron chi connectivity index (χ1n) is 4.33. The van der Waals surface area contributed by atoms with Crippen molar-refractivity contribution >= 4 is 5.91 Å². The van der Waals surface area contributed by atoms with Crippen LogP contribution in [0.1, 0.15) is 20.8 Å². The van der Waals surface area contributed by atoms with Gasteiger partial charge in [-0.2, -0.15) is 0 Å². The van der Waals surface area contributed by atoms with Crippen LogP contribution in [0, 0.1) is 5.41 Å². The maximum Gasteiger partial charge on any atom is 0.245 e. The molecule has 0 aromatic heterocycles. The first kappa shape index (κ1) is 12.2. The Morgan fingerprint density at radius 1 is 1.38 bits per heavy atom. The average molecular weight is 184 g/mol. The molecule has 1 unspecified atom stereocenters. The molecule has 0 spiro atoms. The van der Waals surface area contributed by atoms with Crippen molar-refractivity contribution in [3.8, 4) is 0 Å². The lowest BCUT2D eigenvalue weighted by atomic mass is 9.81. The molecular weight excluding hydrogens is 164 g/mol. The molecular formula is C10H20N2O. The van der Waals surface area contributed by atoms with Gasteiger partial charge in [0.25, 0.3) is 0 Å². The van der Waals surface area contributed by atoms with Crippen LogP contribution in [0.5, 0.6) is 0 Å². The number of nitrogens with zero attached hydrogens (tertiary/aromatic N) is 1. The molecule has 0 aliphatic rings. The Morgan fingerprint density at radius 2 is 1.77 bits per heavy atom. The molecule has 76 valence electrons. The maximum atomic E-state index is 11.0. The van der Waals surface area contributed by atoms with E-state index < -0.39 is 5.91 Å². The van der Waals surface area contributed by atoms with E-state index in [9.17, 15) is 4.79 Å². The summed E-state index contributed by atoms with van der Waals surface area (Å²) in [5.74, 6) is -0.423. The molecule has 0 aromatic rings. The Balaban J connectivity index is 4.84. The van der Waals surface area contributed by atoms with E-state index >= 15 is 0 Å². The summed E-state index contributed by atoms with van der Waals surface area (Å²) >= 11 is 0. The van der Waals surface area contributed by atoms with Gasteiger partial charge in [-0.15, -0.1) is 0 Å². The Labute approximate surface area is 80.6 Å². The summed E-state index contributed by atoms with van der Waals surface area (Å²) in [6, 6.07) is -0.00926. The molecule has 2 N–H and O–H groups in total. The summed E-state index contributed by atoms with van der Waals surface area (Å²) in [6.45, 7) is 9.91. The van der Waals surface area contributed by atoms with E-state index in [-0.39, 0.29) is 11.5 Å². The third kappa shape index (κ3) is 3.19. The van der Waals surface area contributed by atoms with Gasteiger partial charge in [-0.25, -0.2) is 0 Å². The number of carbonyl (C=O) groups excluding carboxylic acids is 1. The van der Waals surface area contributed by atoms with Crippen LogP contribution in [0.15, 0.2) is 12.2 Å². The van der Waals surface area contributed by atoms with E-state index in [4.69, 9.17) is 5.73 Å². The predicted octanol–water partition coefficient (Wildman–Crippen LogP) is 1.00. The SMILES string of the molecule is C=C(C(N)=O)C(N(C)C)C(C)(C)C. The molecule has 0 heterocycles. The molecule has 0 fully saturated rings. The highest BCUT2D eigenvalue weighted by Gasteiger charge is 2.30. The summed E-state index contributed by atoms with van der Waals surface area (Å²) in [6.07, 6.45) is 0. The van der Waals surface area contributed by atoms with E-state index in [1.807, 2.05) is 19.0 Å². The Morgan fingerprint density at radius 3 is 1.85 bits per heavy atom. The second-order valence-electron chi connectivity index (χ2n) is 4.62. The van der Waals surface area contributed by atoms with E-state index in [0.717, 1.165) is 0 Å². The van der Waals surface area contributed by atoms with Crippen molar-refractivity contribution in [3.05, 3.63) is 12.2 Å². The predicted molar refractivity (Wildman–Crippen MR) is 55.3 cm³/mol. The van der Waals surface area contributed by atoms with Gasteiger partial charge in [0.2, 0.25) is 5.91 Å². The van der Waals surface area contributed by atoms with Crippen LogP contribution in [-0.4, -0.2) is 30.9 Å². The number of likely N-dealkylation sites (N-methyl/N-ethyl adjacent to an activating group) is 1. The number of carbonyl (C=O) groups is 1. The van der Waals surface area contributed by atoms with Crippen LogP contribution < -0.4 is 5.73 Å². The number of rotatable bonds is 3. The Hall–Kier alpha value is -0.830. The largest absolute Gasteiger partial charge is 0.366 e. The quantitative estimate of drug-likeness (QED) is 0.665. The van der Waals surface area contributed by atoms with Crippen molar-refractivity contribution in [2.45, 2.75) is 26.8 Å². The third-order valence-corrected chi connectivity index (χ3v) is 1.98. The van der Waals surface area contributed by atoms with Gasteiger partial charge in [-0.05, 0) is 19.5 Å². The van der Waals surface area contributed by atoms with Gasteiger partial charge in [0.15, 0.2) is 0 Å². The summed E-state index contributed by atoms with van der Waals surface area (Å²) in [7, 11) is 3.84. The van der Waals surface area contributed by atoms with Gasteiger partial charge in [-0.1, -0.05) is 27.4 Å². The Bertz CT molecular complexity index is 213. The first-order valence-corrected chi connectivity index (χ1v) is 4.33. The number of hydrogen-bond acceptors (Lipinski definition) is 2. The number of primary amides is 1. The second kappa shape index (κ2) is 3.92. The molecule has 0 aliphatic heterocycles. The highest BCUT2D eigenvalue weighted by molar-refractivity contribution is 5.92. The zero-order valence-corrected chi connectivity index (χ0v) is 9.22. The van der Waals surface area contributed by atoms with Gasteiger partial charge < -0.3 is 10.6 Å². The monoisotopic (exact) mass is 184 g/mol. The molecule has 1 atom stereocenters. The Kier molecular flexibility index (Phi) is 3.67. The van der Waals surface area contributed by atoms with Gasteiger partial charge in [0, 0.05) is 11.6 Å². The normalized spacial score (nSPS) is 14.3. The average Bonchev–Trinajstić information content (AvgIpc) is 1.82. The highest BCUT2D eigenvalue weighted by Crippen LogP contribution is 2.27. The summed E-state index contributed by atoms with van der Waals surface area (Å²) in [4.78, 5) is 13.0. The first-order chi connectivity index (χ1) is 5.68. The van der Waals surface area contributed by atoms with Crippen LogP contribution >= 0.6 is 0 Å². The fraction of sp³-hybridized carbons (Fsp3) is 0.700. The van der Waals surface area contributed by atoms with Gasteiger partial charge in [0.1, 0.15) is 0 Å². The van der Waals surface area contributed by atoms with E-state index in [1.165, 1.54) is 0 Å². The standard InChI is InChI=1S/C10H20N2O/c1-7(9(11)13)8(12(5)6)10(2,3)4/h8H,1H2,2-6H3,(H2,11,13). The molecule has 0 radical (unpaired) electrons. The summed E-state index contributed by atoms with van der Waals surface area (Å²) in [5, 5.41) is 0. The zero-order chi connectivity index (χ0) is 10.8. The minimum atomic E-state index is -0.423. The van der Waals surface area contributed by atoms with Crippen LogP contribution in [-0.2, 0) is 4.79 Å². The molecule has 0 bridgehead atoms. The van der Waals surface area contributed by atoms with Crippen molar-refractivity contribution in [1.82, 2.24) is 4.90 Å². The molecule has 0 saturated carbocycles. The fourth-order valence-corrected chi connectivity index (χ4v) is 1.74. The minimum Gasteiger partial charge on any atom is -0.366 e. The van der Waals surface area contributed by atoms with Crippen molar-refractivity contribution in [3.63, 3.8) is 0 Å². The molecule has 1 amide bonds. The van der Waals surface area contributed by atoms with E-state index in [2.05, 4.69) is 27.4 Å². The summed E-state index contributed by atoms with van der Waals surface area (Å²) < 4.78 is 0. The molecule has 0 aromatic carbocycles. The molecule has 3 heteroatoms. The summed E-state index contributed by atoms with van der Waals surface area (Å²) in [5.41, 5.74) is 5.64. The number of nitrogens with two attached hydrogens (primary N) is 1. The van der Waals surface area contributed by atoms with Gasteiger partial charge >= 0.3 is 0 Å². The van der Waals surface area contributed by atoms with Crippen molar-refractivity contribution in [2.75, 3.05) is 14.1 Å². The van der Waals surface area contributed by atoms with Crippen molar-refractivity contribution in [2.24, 2.45) is 11.1 Å². The fourth-order valence-electron chi connectivity index (χ4n) is 1.74. The van der Waals surface area contributed by atoms with Gasteiger partial charge in [-0.3, -0.25) is 4.79 Å². The lowest BCUT2D eigenvalue weighted by Gasteiger charge is -2.36. The van der Waals surface area contributed by atoms with E-state index in [1.54, 1.807) is 0 Å². The topological polar surface area (TPSA) is 46.3 Å². The van der Waals surface area contributed by atoms with Crippen LogP contribution in [0.25, 0.3) is 0 Å². The highest BCUT2D eigenvalue weighted by atomic mass is 16.1.